The Kier molecular flexibility index (Phi) is 4.60. The Labute approximate surface area is 141 Å². The summed E-state index contributed by atoms with van der Waals surface area (Å²) in [4.78, 5) is 4.10. The van der Waals surface area contributed by atoms with Crippen LogP contribution in [0.2, 0.25) is 0 Å². The predicted octanol–water partition coefficient (Wildman–Crippen LogP) is 3.88. The van der Waals surface area contributed by atoms with E-state index in [0.29, 0.717) is 17.3 Å². The smallest absolute Gasteiger partial charge is 0.422 e. The summed E-state index contributed by atoms with van der Waals surface area (Å²) in [6, 6.07) is 14.0. The summed E-state index contributed by atoms with van der Waals surface area (Å²) < 4.78 is 48.5. The topological polar surface area (TPSA) is 49.2 Å². The fraction of sp³-hybridized carbons (Fsp3) is 0.176. The number of benzene rings is 1. The quantitative estimate of drug-likeness (QED) is 0.701. The first-order chi connectivity index (χ1) is 12.0. The molecule has 25 heavy (non-hydrogen) atoms. The van der Waals surface area contributed by atoms with Crippen LogP contribution in [0.25, 0.3) is 16.9 Å². The summed E-state index contributed by atoms with van der Waals surface area (Å²) in [7, 11) is 1.49. The number of ether oxygens (including phenoxy) is 2. The summed E-state index contributed by atoms with van der Waals surface area (Å²) in [5.74, 6) is 0.303. The molecule has 0 aliphatic carbocycles. The number of methoxy groups -OCH3 is 1. The maximum absolute atomic E-state index is 12.4. The minimum absolute atomic E-state index is 0.119. The maximum atomic E-state index is 12.4. The minimum Gasteiger partial charge on any atom is -0.481 e. The first kappa shape index (κ1) is 16.8. The van der Waals surface area contributed by atoms with E-state index in [1.807, 2.05) is 30.3 Å². The second-order valence-corrected chi connectivity index (χ2v) is 5.11. The van der Waals surface area contributed by atoms with E-state index < -0.39 is 12.8 Å². The molecule has 2 aromatic heterocycles. The molecule has 3 rings (SSSR count). The van der Waals surface area contributed by atoms with Crippen molar-refractivity contribution in [3.8, 4) is 28.7 Å². The molecule has 0 saturated carbocycles. The molecule has 0 atom stereocenters. The Morgan fingerprint density at radius 3 is 2.40 bits per heavy atom. The molecule has 0 aliphatic rings. The highest BCUT2D eigenvalue weighted by Crippen LogP contribution is 2.28. The van der Waals surface area contributed by atoms with Gasteiger partial charge >= 0.3 is 6.18 Å². The lowest BCUT2D eigenvalue weighted by molar-refractivity contribution is -0.154. The fourth-order valence-corrected chi connectivity index (χ4v) is 2.22. The first-order valence-corrected chi connectivity index (χ1v) is 7.32. The van der Waals surface area contributed by atoms with Crippen molar-refractivity contribution in [3.63, 3.8) is 0 Å². The molecule has 8 heteroatoms. The van der Waals surface area contributed by atoms with Crippen LogP contribution < -0.4 is 9.47 Å². The normalized spacial score (nSPS) is 11.4. The number of hydrogen-bond donors (Lipinski definition) is 0. The lowest BCUT2D eigenvalue weighted by Crippen LogP contribution is -2.19. The molecular formula is C17H14F3N3O2. The second kappa shape index (κ2) is 6.84. The molecule has 0 fully saturated rings. The lowest BCUT2D eigenvalue weighted by atomic mass is 10.1. The van der Waals surface area contributed by atoms with E-state index in [0.717, 1.165) is 5.56 Å². The minimum atomic E-state index is -4.43. The Morgan fingerprint density at radius 2 is 1.80 bits per heavy atom. The average Bonchev–Trinajstić information content (AvgIpc) is 3.05. The first-order valence-electron chi connectivity index (χ1n) is 7.32. The Bertz CT molecular complexity index is 831. The number of alkyl halides is 3. The molecule has 0 aliphatic heterocycles. The van der Waals surface area contributed by atoms with Crippen LogP contribution in [0.1, 0.15) is 0 Å². The standard InChI is InChI=1S/C17H14F3N3O2/c1-24-15-8-7-13(10-21-15)23-14(12-5-3-2-4-6-12)9-16(22-23)25-11-17(18,19)20/h2-10H,11H2,1H3. The van der Waals surface area contributed by atoms with E-state index >= 15 is 0 Å². The van der Waals surface area contributed by atoms with Crippen LogP contribution in [0.3, 0.4) is 0 Å². The molecule has 0 unspecified atom stereocenters. The molecule has 0 N–H and O–H groups in total. The molecular weight excluding hydrogens is 335 g/mol. The summed E-state index contributed by atoms with van der Waals surface area (Å²) >= 11 is 0. The molecule has 0 amide bonds. The van der Waals surface area contributed by atoms with E-state index in [-0.39, 0.29) is 5.88 Å². The SMILES string of the molecule is COc1ccc(-n2nc(OCC(F)(F)F)cc2-c2ccccc2)cn1. The van der Waals surface area contributed by atoms with Crippen LogP contribution in [0, 0.1) is 0 Å². The van der Waals surface area contributed by atoms with Crippen molar-refractivity contribution >= 4 is 0 Å². The van der Waals surface area contributed by atoms with Gasteiger partial charge in [-0.2, -0.15) is 13.2 Å². The number of rotatable bonds is 5. The Hall–Kier alpha value is -3.03. The number of hydrogen-bond acceptors (Lipinski definition) is 4. The van der Waals surface area contributed by atoms with Gasteiger partial charge in [-0.25, -0.2) is 9.67 Å². The Morgan fingerprint density at radius 1 is 1.04 bits per heavy atom. The molecule has 0 spiro atoms. The highest BCUT2D eigenvalue weighted by Gasteiger charge is 2.29. The molecule has 2 heterocycles. The van der Waals surface area contributed by atoms with E-state index in [1.165, 1.54) is 24.1 Å². The number of aromatic nitrogens is 3. The van der Waals surface area contributed by atoms with Gasteiger partial charge in [-0.3, -0.25) is 0 Å². The summed E-state index contributed by atoms with van der Waals surface area (Å²) in [5.41, 5.74) is 1.94. The van der Waals surface area contributed by atoms with Crippen molar-refractivity contribution in [2.75, 3.05) is 13.7 Å². The third-order valence-corrected chi connectivity index (χ3v) is 3.31. The lowest BCUT2D eigenvalue weighted by Gasteiger charge is -2.07. The Balaban J connectivity index is 2.00. The monoisotopic (exact) mass is 349 g/mol. The zero-order valence-corrected chi connectivity index (χ0v) is 13.2. The summed E-state index contributed by atoms with van der Waals surface area (Å²) in [6.07, 6.45) is -2.91. The summed E-state index contributed by atoms with van der Waals surface area (Å²) in [5, 5.41) is 4.13. The van der Waals surface area contributed by atoms with E-state index in [1.54, 1.807) is 12.1 Å². The summed E-state index contributed by atoms with van der Waals surface area (Å²) in [6.45, 7) is -1.40. The number of pyridine rings is 1. The molecule has 3 aromatic rings. The zero-order valence-electron chi connectivity index (χ0n) is 13.2. The van der Waals surface area contributed by atoms with Gasteiger partial charge in [0.25, 0.3) is 0 Å². The molecule has 130 valence electrons. The van der Waals surface area contributed by atoms with Crippen LogP contribution in [-0.2, 0) is 0 Å². The van der Waals surface area contributed by atoms with E-state index in [4.69, 9.17) is 9.47 Å². The van der Waals surface area contributed by atoms with Gasteiger partial charge in [0.2, 0.25) is 11.8 Å². The third-order valence-electron chi connectivity index (χ3n) is 3.31. The molecule has 1 aromatic carbocycles. The van der Waals surface area contributed by atoms with Gasteiger partial charge in [0.05, 0.1) is 24.7 Å². The van der Waals surface area contributed by atoms with Gasteiger partial charge in [-0.1, -0.05) is 30.3 Å². The molecule has 5 nitrogen and oxygen atoms in total. The second-order valence-electron chi connectivity index (χ2n) is 5.11. The molecule has 0 radical (unpaired) electrons. The van der Waals surface area contributed by atoms with Crippen LogP contribution in [0.4, 0.5) is 13.2 Å². The van der Waals surface area contributed by atoms with Crippen LogP contribution in [0.15, 0.2) is 54.7 Å². The highest BCUT2D eigenvalue weighted by atomic mass is 19.4. The average molecular weight is 349 g/mol. The van der Waals surface area contributed by atoms with Crippen molar-refractivity contribution in [3.05, 3.63) is 54.7 Å². The van der Waals surface area contributed by atoms with Crippen molar-refractivity contribution < 1.29 is 22.6 Å². The van der Waals surface area contributed by atoms with Crippen LogP contribution in [0.5, 0.6) is 11.8 Å². The van der Waals surface area contributed by atoms with Crippen molar-refractivity contribution in [1.82, 2.24) is 14.8 Å². The molecule has 0 saturated heterocycles. The predicted molar refractivity (Wildman–Crippen MR) is 84.9 cm³/mol. The van der Waals surface area contributed by atoms with Gasteiger partial charge in [-0.15, -0.1) is 5.10 Å². The van der Waals surface area contributed by atoms with Crippen LogP contribution >= 0.6 is 0 Å². The van der Waals surface area contributed by atoms with Crippen molar-refractivity contribution in [1.29, 1.82) is 0 Å². The molecule has 0 bridgehead atoms. The van der Waals surface area contributed by atoms with Crippen molar-refractivity contribution in [2.45, 2.75) is 6.18 Å². The maximum Gasteiger partial charge on any atom is 0.422 e. The largest absolute Gasteiger partial charge is 0.481 e. The van der Waals surface area contributed by atoms with Gasteiger partial charge in [-0.05, 0) is 6.07 Å². The number of nitrogens with zero attached hydrogens (tertiary/aromatic N) is 3. The van der Waals surface area contributed by atoms with Crippen molar-refractivity contribution in [2.24, 2.45) is 0 Å². The van der Waals surface area contributed by atoms with E-state index in [9.17, 15) is 13.2 Å². The highest BCUT2D eigenvalue weighted by molar-refractivity contribution is 5.63. The van der Waals surface area contributed by atoms with Gasteiger partial charge in [0.15, 0.2) is 6.61 Å². The van der Waals surface area contributed by atoms with Gasteiger partial charge < -0.3 is 9.47 Å². The van der Waals surface area contributed by atoms with Gasteiger partial charge in [0.1, 0.15) is 0 Å². The van der Waals surface area contributed by atoms with E-state index in [2.05, 4.69) is 10.1 Å². The van der Waals surface area contributed by atoms with Gasteiger partial charge in [0, 0.05) is 17.7 Å². The van der Waals surface area contributed by atoms with Crippen LogP contribution in [-0.4, -0.2) is 34.7 Å². The fourth-order valence-electron chi connectivity index (χ4n) is 2.22. The zero-order chi connectivity index (χ0) is 17.9. The number of halogens is 3. The third kappa shape index (κ3) is 4.09.